The molecule has 0 amide bonds. The Labute approximate surface area is 116 Å². The van der Waals surface area contributed by atoms with Crippen LogP contribution in [0.2, 0.25) is 0 Å². The minimum absolute atomic E-state index is 0.0447. The standard InChI is InChI=1S/C15H18F2N2O/c1-4-10-8-11(19(3)18-10)9-15(2,20)12-6-5-7-13(16)14(12)17/h5-8,20H,4,9H2,1-3H3. The van der Waals surface area contributed by atoms with Crippen LogP contribution in [-0.2, 0) is 25.5 Å². The molecule has 0 aliphatic rings. The fourth-order valence-corrected chi connectivity index (χ4v) is 2.28. The molecule has 0 radical (unpaired) electrons. The highest BCUT2D eigenvalue weighted by Gasteiger charge is 2.29. The lowest BCUT2D eigenvalue weighted by Gasteiger charge is -2.24. The summed E-state index contributed by atoms with van der Waals surface area (Å²) < 4.78 is 28.8. The number of nitrogens with zero attached hydrogens (tertiary/aromatic N) is 2. The van der Waals surface area contributed by atoms with E-state index in [1.54, 1.807) is 11.7 Å². The monoisotopic (exact) mass is 280 g/mol. The van der Waals surface area contributed by atoms with Gasteiger partial charge in [-0.15, -0.1) is 0 Å². The first-order chi connectivity index (χ1) is 9.35. The highest BCUT2D eigenvalue weighted by molar-refractivity contribution is 5.27. The van der Waals surface area contributed by atoms with Crippen LogP contribution in [0.3, 0.4) is 0 Å². The second-order valence-electron chi connectivity index (χ2n) is 5.16. The Balaban J connectivity index is 2.35. The van der Waals surface area contributed by atoms with Crippen LogP contribution in [0.4, 0.5) is 8.78 Å². The van der Waals surface area contributed by atoms with Gasteiger partial charge in [0.15, 0.2) is 11.6 Å². The van der Waals surface area contributed by atoms with Gasteiger partial charge in [-0.1, -0.05) is 19.1 Å². The molecule has 2 aromatic rings. The summed E-state index contributed by atoms with van der Waals surface area (Å²) in [5.74, 6) is -1.96. The third-order valence-electron chi connectivity index (χ3n) is 3.45. The first-order valence-corrected chi connectivity index (χ1v) is 6.54. The van der Waals surface area contributed by atoms with Crippen molar-refractivity contribution in [3.8, 4) is 0 Å². The predicted octanol–water partition coefficient (Wildman–Crippen LogP) is 2.71. The van der Waals surface area contributed by atoms with E-state index in [9.17, 15) is 13.9 Å². The van der Waals surface area contributed by atoms with Crippen LogP contribution in [-0.4, -0.2) is 14.9 Å². The molecule has 1 aromatic carbocycles. The molecular formula is C15H18F2N2O. The molecule has 0 bridgehead atoms. The molecule has 0 spiro atoms. The number of aliphatic hydroxyl groups is 1. The Morgan fingerprint density at radius 1 is 1.35 bits per heavy atom. The summed E-state index contributed by atoms with van der Waals surface area (Å²) in [5, 5.41) is 14.8. The van der Waals surface area contributed by atoms with Crippen LogP contribution in [0.5, 0.6) is 0 Å². The van der Waals surface area contributed by atoms with Crippen molar-refractivity contribution in [3.05, 3.63) is 52.9 Å². The van der Waals surface area contributed by atoms with E-state index in [0.717, 1.165) is 23.9 Å². The van der Waals surface area contributed by atoms with Gasteiger partial charge >= 0.3 is 0 Å². The Kier molecular flexibility index (Phi) is 3.90. The summed E-state index contributed by atoms with van der Waals surface area (Å²) in [4.78, 5) is 0. The largest absolute Gasteiger partial charge is 0.385 e. The molecule has 1 aromatic heterocycles. The molecule has 0 fully saturated rings. The minimum Gasteiger partial charge on any atom is -0.385 e. The SMILES string of the molecule is CCc1cc(CC(C)(O)c2cccc(F)c2F)n(C)n1. The molecule has 108 valence electrons. The van der Waals surface area contributed by atoms with E-state index in [-0.39, 0.29) is 12.0 Å². The van der Waals surface area contributed by atoms with Gasteiger partial charge in [0, 0.05) is 24.7 Å². The van der Waals surface area contributed by atoms with E-state index in [2.05, 4.69) is 5.10 Å². The zero-order chi connectivity index (χ0) is 14.9. The quantitative estimate of drug-likeness (QED) is 0.935. The van der Waals surface area contributed by atoms with Crippen LogP contribution in [0, 0.1) is 11.6 Å². The Hall–Kier alpha value is -1.75. The fraction of sp³-hybridized carbons (Fsp3) is 0.400. The lowest BCUT2D eigenvalue weighted by atomic mass is 9.90. The second-order valence-corrected chi connectivity index (χ2v) is 5.16. The van der Waals surface area contributed by atoms with E-state index < -0.39 is 17.2 Å². The third kappa shape index (κ3) is 2.72. The first kappa shape index (κ1) is 14.7. The zero-order valence-electron chi connectivity index (χ0n) is 11.8. The number of aromatic nitrogens is 2. The predicted molar refractivity (Wildman–Crippen MR) is 72.2 cm³/mol. The average Bonchev–Trinajstić information content (AvgIpc) is 2.72. The highest BCUT2D eigenvalue weighted by atomic mass is 19.2. The molecule has 1 atom stereocenters. The van der Waals surface area contributed by atoms with Gasteiger partial charge in [-0.25, -0.2) is 8.78 Å². The van der Waals surface area contributed by atoms with Crippen molar-refractivity contribution in [2.24, 2.45) is 7.05 Å². The molecule has 0 aliphatic carbocycles. The van der Waals surface area contributed by atoms with Crippen LogP contribution in [0.1, 0.15) is 30.8 Å². The maximum absolute atomic E-state index is 13.8. The van der Waals surface area contributed by atoms with Gasteiger partial charge in [0.2, 0.25) is 0 Å². The maximum Gasteiger partial charge on any atom is 0.164 e. The molecule has 5 heteroatoms. The average molecular weight is 280 g/mol. The van der Waals surface area contributed by atoms with Gasteiger partial charge in [0.25, 0.3) is 0 Å². The minimum atomic E-state index is -1.50. The lowest BCUT2D eigenvalue weighted by Crippen LogP contribution is -2.27. The fourth-order valence-electron chi connectivity index (χ4n) is 2.28. The van der Waals surface area contributed by atoms with Crippen molar-refractivity contribution in [1.82, 2.24) is 9.78 Å². The van der Waals surface area contributed by atoms with Gasteiger partial charge in [0.05, 0.1) is 11.3 Å². The van der Waals surface area contributed by atoms with Crippen LogP contribution in [0.25, 0.3) is 0 Å². The Morgan fingerprint density at radius 3 is 2.65 bits per heavy atom. The van der Waals surface area contributed by atoms with Crippen LogP contribution < -0.4 is 0 Å². The number of hydrogen-bond donors (Lipinski definition) is 1. The van der Waals surface area contributed by atoms with Crippen molar-refractivity contribution < 1.29 is 13.9 Å². The second kappa shape index (κ2) is 5.32. The lowest BCUT2D eigenvalue weighted by molar-refractivity contribution is 0.0510. The number of benzene rings is 1. The Bertz CT molecular complexity index is 620. The smallest absolute Gasteiger partial charge is 0.164 e. The van der Waals surface area contributed by atoms with Crippen molar-refractivity contribution in [2.45, 2.75) is 32.3 Å². The molecule has 0 saturated carbocycles. The van der Waals surface area contributed by atoms with Gasteiger partial charge in [-0.3, -0.25) is 4.68 Å². The summed E-state index contributed by atoms with van der Waals surface area (Å²) in [6.45, 7) is 3.46. The van der Waals surface area contributed by atoms with Crippen LogP contribution in [0.15, 0.2) is 24.3 Å². The Morgan fingerprint density at radius 2 is 2.05 bits per heavy atom. The summed E-state index contributed by atoms with van der Waals surface area (Å²) in [6.07, 6.45) is 0.946. The molecule has 0 aliphatic heterocycles. The molecular weight excluding hydrogens is 262 g/mol. The van der Waals surface area contributed by atoms with E-state index >= 15 is 0 Å². The number of aryl methyl sites for hydroxylation is 2. The highest BCUT2D eigenvalue weighted by Crippen LogP contribution is 2.28. The van der Waals surface area contributed by atoms with Crippen LogP contribution >= 0.6 is 0 Å². The van der Waals surface area contributed by atoms with E-state index in [4.69, 9.17) is 0 Å². The normalized spacial score (nSPS) is 14.3. The molecule has 2 rings (SSSR count). The molecule has 3 nitrogen and oxygen atoms in total. The maximum atomic E-state index is 13.8. The van der Waals surface area contributed by atoms with Gasteiger partial charge < -0.3 is 5.11 Å². The zero-order valence-corrected chi connectivity index (χ0v) is 11.8. The first-order valence-electron chi connectivity index (χ1n) is 6.54. The van der Waals surface area contributed by atoms with E-state index in [0.29, 0.717) is 0 Å². The third-order valence-corrected chi connectivity index (χ3v) is 3.45. The molecule has 1 N–H and O–H groups in total. The van der Waals surface area contributed by atoms with Crippen molar-refractivity contribution in [3.63, 3.8) is 0 Å². The van der Waals surface area contributed by atoms with E-state index in [1.165, 1.54) is 19.1 Å². The summed E-state index contributed by atoms with van der Waals surface area (Å²) in [7, 11) is 1.77. The van der Waals surface area contributed by atoms with Gasteiger partial charge in [-0.2, -0.15) is 5.10 Å². The number of rotatable bonds is 4. The van der Waals surface area contributed by atoms with E-state index in [1.807, 2.05) is 13.0 Å². The molecule has 0 saturated heterocycles. The molecule has 20 heavy (non-hydrogen) atoms. The topological polar surface area (TPSA) is 38.0 Å². The summed E-state index contributed by atoms with van der Waals surface area (Å²) >= 11 is 0. The number of hydrogen-bond acceptors (Lipinski definition) is 2. The summed E-state index contributed by atoms with van der Waals surface area (Å²) in [5.41, 5.74) is 0.135. The van der Waals surface area contributed by atoms with Gasteiger partial charge in [-0.05, 0) is 25.5 Å². The summed E-state index contributed by atoms with van der Waals surface area (Å²) in [6, 6.07) is 5.69. The molecule has 1 heterocycles. The van der Waals surface area contributed by atoms with Crippen molar-refractivity contribution in [1.29, 1.82) is 0 Å². The molecule has 1 unspecified atom stereocenters. The number of halogens is 2. The van der Waals surface area contributed by atoms with Gasteiger partial charge in [0.1, 0.15) is 0 Å². The van der Waals surface area contributed by atoms with Crippen molar-refractivity contribution in [2.75, 3.05) is 0 Å². The van der Waals surface area contributed by atoms with Crippen molar-refractivity contribution >= 4 is 0 Å².